The predicted octanol–water partition coefficient (Wildman–Crippen LogP) is 3.06. The topological polar surface area (TPSA) is 32.9 Å². The molecule has 0 amide bonds. The largest absolute Gasteiger partial charge is 0.367 e. The first-order chi connectivity index (χ1) is 7.66. The molecule has 1 aromatic heterocycles. The van der Waals surface area contributed by atoms with Crippen LogP contribution in [0.5, 0.6) is 0 Å². The molecule has 0 bridgehead atoms. The third kappa shape index (κ3) is 2.22. The molecule has 0 saturated heterocycles. The first kappa shape index (κ1) is 10.7. The number of ketones is 1. The first-order valence-electron chi connectivity index (χ1n) is 5.39. The summed E-state index contributed by atoms with van der Waals surface area (Å²) in [7, 11) is 0. The van der Waals surface area contributed by atoms with Gasteiger partial charge in [-0.1, -0.05) is 18.2 Å². The van der Waals surface area contributed by atoms with Crippen molar-refractivity contribution in [3.63, 3.8) is 0 Å². The minimum Gasteiger partial charge on any atom is -0.367 e. The van der Waals surface area contributed by atoms with E-state index in [1.54, 1.807) is 12.4 Å². The van der Waals surface area contributed by atoms with E-state index in [2.05, 4.69) is 31.0 Å². The second kappa shape index (κ2) is 4.35. The van der Waals surface area contributed by atoms with Crippen LogP contribution in [0.15, 0.2) is 36.7 Å². The Labute approximate surface area is 95.3 Å². The highest BCUT2D eigenvalue weighted by Crippen LogP contribution is 2.12. The highest BCUT2D eigenvalue weighted by Gasteiger charge is 2.07. The van der Waals surface area contributed by atoms with Crippen molar-refractivity contribution < 1.29 is 4.79 Å². The number of aromatic amines is 1. The van der Waals surface area contributed by atoms with Crippen LogP contribution >= 0.6 is 0 Å². The zero-order chi connectivity index (χ0) is 11.5. The quantitative estimate of drug-likeness (QED) is 0.781. The Bertz CT molecular complexity index is 497. The van der Waals surface area contributed by atoms with E-state index in [0.717, 1.165) is 11.1 Å². The van der Waals surface area contributed by atoms with Gasteiger partial charge in [-0.2, -0.15) is 0 Å². The fourth-order valence-corrected chi connectivity index (χ4v) is 1.70. The summed E-state index contributed by atoms with van der Waals surface area (Å²) in [5.74, 6) is 0.157. The van der Waals surface area contributed by atoms with Crippen molar-refractivity contribution in [3.05, 3.63) is 58.9 Å². The molecular weight excluding hydrogens is 198 g/mol. The lowest BCUT2D eigenvalue weighted by Gasteiger charge is -2.04. The van der Waals surface area contributed by atoms with Gasteiger partial charge in [0.25, 0.3) is 0 Å². The van der Waals surface area contributed by atoms with Crippen molar-refractivity contribution in [2.75, 3.05) is 0 Å². The zero-order valence-corrected chi connectivity index (χ0v) is 9.58. The van der Waals surface area contributed by atoms with E-state index in [1.807, 2.05) is 12.1 Å². The summed E-state index contributed by atoms with van der Waals surface area (Å²) in [6.45, 7) is 4.15. The third-order valence-electron chi connectivity index (χ3n) is 2.86. The Balaban J connectivity index is 2.15. The Morgan fingerprint density at radius 1 is 1.19 bits per heavy atom. The van der Waals surface area contributed by atoms with E-state index < -0.39 is 0 Å². The van der Waals surface area contributed by atoms with Crippen LogP contribution in [0.25, 0.3) is 0 Å². The number of rotatable bonds is 3. The smallest absolute Gasteiger partial charge is 0.168 e. The summed E-state index contributed by atoms with van der Waals surface area (Å²) in [6, 6.07) is 7.98. The average molecular weight is 213 g/mol. The lowest BCUT2D eigenvalue weighted by Crippen LogP contribution is -2.02. The molecule has 1 heterocycles. The highest BCUT2D eigenvalue weighted by atomic mass is 16.1. The standard InChI is InChI=1S/C14H15NO/c1-10-3-4-12(7-11(10)2)8-14(16)13-5-6-15-9-13/h3-7,9,15H,8H2,1-2H3. The Morgan fingerprint density at radius 3 is 2.62 bits per heavy atom. The molecule has 0 radical (unpaired) electrons. The minimum atomic E-state index is 0.157. The number of hydrogen-bond donors (Lipinski definition) is 1. The molecule has 0 atom stereocenters. The van der Waals surface area contributed by atoms with Crippen LogP contribution in [0.3, 0.4) is 0 Å². The number of aryl methyl sites for hydroxylation is 2. The van der Waals surface area contributed by atoms with Gasteiger partial charge in [-0.15, -0.1) is 0 Å². The van der Waals surface area contributed by atoms with Gasteiger partial charge in [0.2, 0.25) is 0 Å². The number of benzene rings is 1. The van der Waals surface area contributed by atoms with E-state index in [-0.39, 0.29) is 5.78 Å². The Morgan fingerprint density at radius 2 is 2.00 bits per heavy atom. The van der Waals surface area contributed by atoms with Gasteiger partial charge in [0.15, 0.2) is 5.78 Å². The molecule has 0 aliphatic heterocycles. The van der Waals surface area contributed by atoms with Gasteiger partial charge in [0, 0.05) is 24.4 Å². The van der Waals surface area contributed by atoms with Crippen molar-refractivity contribution in [1.82, 2.24) is 4.98 Å². The second-order valence-corrected chi connectivity index (χ2v) is 4.12. The van der Waals surface area contributed by atoms with Crippen molar-refractivity contribution in [2.24, 2.45) is 0 Å². The lowest BCUT2D eigenvalue weighted by atomic mass is 10.0. The van der Waals surface area contributed by atoms with Crippen LogP contribution in [0.1, 0.15) is 27.0 Å². The van der Waals surface area contributed by atoms with Crippen molar-refractivity contribution in [2.45, 2.75) is 20.3 Å². The fraction of sp³-hybridized carbons (Fsp3) is 0.214. The molecule has 0 saturated carbocycles. The Kier molecular flexibility index (Phi) is 2.91. The molecule has 1 aromatic carbocycles. The number of carbonyl (C=O) groups is 1. The molecule has 0 fully saturated rings. The van der Waals surface area contributed by atoms with Crippen molar-refractivity contribution in [3.8, 4) is 0 Å². The van der Waals surface area contributed by atoms with Gasteiger partial charge in [-0.3, -0.25) is 4.79 Å². The van der Waals surface area contributed by atoms with Gasteiger partial charge in [-0.05, 0) is 36.6 Å². The fourth-order valence-electron chi connectivity index (χ4n) is 1.70. The molecule has 2 rings (SSSR count). The van der Waals surface area contributed by atoms with Crippen LogP contribution in [0.4, 0.5) is 0 Å². The highest BCUT2D eigenvalue weighted by molar-refractivity contribution is 5.97. The van der Waals surface area contributed by atoms with Gasteiger partial charge in [0.05, 0.1) is 0 Å². The Hall–Kier alpha value is -1.83. The summed E-state index contributed by atoms with van der Waals surface area (Å²) in [5, 5.41) is 0. The molecule has 2 nitrogen and oxygen atoms in total. The minimum absolute atomic E-state index is 0.157. The maximum absolute atomic E-state index is 11.9. The second-order valence-electron chi connectivity index (χ2n) is 4.12. The molecule has 1 N–H and O–H groups in total. The first-order valence-corrected chi connectivity index (χ1v) is 5.39. The number of nitrogens with one attached hydrogen (secondary N) is 1. The predicted molar refractivity (Wildman–Crippen MR) is 64.7 cm³/mol. The van der Waals surface area contributed by atoms with Gasteiger partial charge in [-0.25, -0.2) is 0 Å². The molecule has 0 aliphatic carbocycles. The SMILES string of the molecule is Cc1ccc(CC(=O)c2cc[nH]c2)cc1C. The van der Waals surface area contributed by atoms with Crippen molar-refractivity contribution in [1.29, 1.82) is 0 Å². The third-order valence-corrected chi connectivity index (χ3v) is 2.86. The van der Waals surface area contributed by atoms with E-state index in [1.165, 1.54) is 11.1 Å². The molecule has 82 valence electrons. The number of aromatic nitrogens is 1. The van der Waals surface area contributed by atoms with Crippen LogP contribution in [0, 0.1) is 13.8 Å². The van der Waals surface area contributed by atoms with Gasteiger partial charge >= 0.3 is 0 Å². The molecule has 0 unspecified atom stereocenters. The summed E-state index contributed by atoms with van der Waals surface area (Å²) in [4.78, 5) is 14.7. The van der Waals surface area contributed by atoms with Crippen LogP contribution in [-0.4, -0.2) is 10.8 Å². The molecule has 0 spiro atoms. The van der Waals surface area contributed by atoms with Crippen molar-refractivity contribution >= 4 is 5.78 Å². The molecular formula is C14H15NO. The van der Waals surface area contributed by atoms with E-state index in [4.69, 9.17) is 0 Å². The van der Waals surface area contributed by atoms with Crippen LogP contribution < -0.4 is 0 Å². The molecule has 16 heavy (non-hydrogen) atoms. The summed E-state index contributed by atoms with van der Waals surface area (Å²) in [5.41, 5.74) is 4.32. The maximum Gasteiger partial charge on any atom is 0.168 e. The zero-order valence-electron chi connectivity index (χ0n) is 9.58. The monoisotopic (exact) mass is 213 g/mol. The number of carbonyl (C=O) groups excluding carboxylic acids is 1. The van der Waals surface area contributed by atoms with Crippen LogP contribution in [0.2, 0.25) is 0 Å². The maximum atomic E-state index is 11.9. The summed E-state index contributed by atoms with van der Waals surface area (Å²) in [6.07, 6.45) is 3.98. The van der Waals surface area contributed by atoms with E-state index >= 15 is 0 Å². The summed E-state index contributed by atoms with van der Waals surface area (Å²) < 4.78 is 0. The van der Waals surface area contributed by atoms with E-state index in [0.29, 0.717) is 6.42 Å². The lowest BCUT2D eigenvalue weighted by molar-refractivity contribution is 0.0993. The normalized spacial score (nSPS) is 10.4. The van der Waals surface area contributed by atoms with Gasteiger partial charge < -0.3 is 4.98 Å². The average Bonchev–Trinajstić information content (AvgIpc) is 2.77. The van der Waals surface area contributed by atoms with Gasteiger partial charge in [0.1, 0.15) is 0 Å². The van der Waals surface area contributed by atoms with Crippen LogP contribution in [-0.2, 0) is 6.42 Å². The number of Topliss-reactive ketones (excluding diaryl/α,β-unsaturated/α-hetero) is 1. The molecule has 2 heteroatoms. The molecule has 2 aromatic rings. The van der Waals surface area contributed by atoms with E-state index in [9.17, 15) is 4.79 Å². The number of H-pyrrole nitrogens is 1. The summed E-state index contributed by atoms with van der Waals surface area (Å²) >= 11 is 0. The molecule has 0 aliphatic rings. The number of hydrogen-bond acceptors (Lipinski definition) is 1.